The lowest BCUT2D eigenvalue weighted by Crippen LogP contribution is -2.24. The highest BCUT2D eigenvalue weighted by atomic mass is 32.2. The number of anilines is 2. The van der Waals surface area contributed by atoms with Crippen LogP contribution in [0, 0.1) is 6.92 Å². The number of thiophene rings is 1. The predicted octanol–water partition coefficient (Wildman–Crippen LogP) is 3.70. The number of furan rings is 1. The van der Waals surface area contributed by atoms with Crippen molar-refractivity contribution in [3.8, 4) is 0 Å². The number of amides is 1. The second-order valence-electron chi connectivity index (χ2n) is 6.92. The Balaban J connectivity index is 1.64. The summed E-state index contributed by atoms with van der Waals surface area (Å²) in [6.07, 6.45) is 1.33. The van der Waals surface area contributed by atoms with E-state index in [0.29, 0.717) is 16.3 Å². The number of ketones is 1. The van der Waals surface area contributed by atoms with Crippen molar-refractivity contribution in [2.24, 2.45) is 0 Å². The van der Waals surface area contributed by atoms with Gasteiger partial charge in [0.05, 0.1) is 17.5 Å². The van der Waals surface area contributed by atoms with E-state index in [4.69, 9.17) is 9.15 Å². The molecule has 1 atom stereocenters. The molecule has 1 unspecified atom stereocenters. The first-order chi connectivity index (χ1) is 15.0. The third-order valence-electron chi connectivity index (χ3n) is 4.21. The fraction of sp³-hybridized carbons (Fsp3) is 0.190. The molecule has 11 heteroatoms. The molecule has 168 valence electrons. The zero-order valence-electron chi connectivity index (χ0n) is 17.4. The van der Waals surface area contributed by atoms with E-state index in [1.807, 2.05) is 0 Å². The number of esters is 1. The zero-order valence-corrected chi connectivity index (χ0v) is 19.0. The molecule has 2 N–H and O–H groups in total. The number of rotatable bonds is 8. The maximum absolute atomic E-state index is 12.6. The molecule has 0 radical (unpaired) electrons. The number of aryl methyl sites for hydroxylation is 1. The second kappa shape index (κ2) is 9.37. The van der Waals surface area contributed by atoms with Gasteiger partial charge in [0.1, 0.15) is 4.88 Å². The minimum absolute atomic E-state index is 0.136. The molecule has 3 aromatic rings. The molecule has 0 aliphatic rings. The number of Topliss-reactive ketones (excluding diaryl/α,β-unsaturated/α-hetero) is 1. The molecular formula is C21H20N2O7S2. The molecule has 0 bridgehead atoms. The van der Waals surface area contributed by atoms with Crippen LogP contribution in [0.1, 0.15) is 43.1 Å². The molecule has 0 saturated carbocycles. The SMILES string of the molecule is Cc1cc(NC(=O)c2ccco2)sc1C(=O)OC(C)C(=O)c1ccc(NS(C)(=O)=O)cc1. The van der Waals surface area contributed by atoms with E-state index in [9.17, 15) is 22.8 Å². The Morgan fingerprint density at radius 3 is 2.41 bits per heavy atom. The number of sulfonamides is 1. The van der Waals surface area contributed by atoms with Crippen molar-refractivity contribution in [3.05, 3.63) is 70.5 Å². The Kier molecular flexibility index (Phi) is 6.80. The van der Waals surface area contributed by atoms with Crippen molar-refractivity contribution < 1.29 is 32.0 Å². The highest BCUT2D eigenvalue weighted by molar-refractivity contribution is 7.92. The van der Waals surface area contributed by atoms with Gasteiger partial charge in [-0.15, -0.1) is 11.3 Å². The Labute approximate surface area is 188 Å². The van der Waals surface area contributed by atoms with Crippen LogP contribution in [0.4, 0.5) is 10.7 Å². The van der Waals surface area contributed by atoms with E-state index in [-0.39, 0.29) is 16.2 Å². The van der Waals surface area contributed by atoms with Crippen LogP contribution in [0.5, 0.6) is 0 Å². The van der Waals surface area contributed by atoms with Crippen molar-refractivity contribution in [1.82, 2.24) is 0 Å². The number of benzene rings is 1. The third kappa shape index (κ3) is 5.83. The van der Waals surface area contributed by atoms with Gasteiger partial charge in [0, 0.05) is 11.3 Å². The predicted molar refractivity (Wildman–Crippen MR) is 120 cm³/mol. The highest BCUT2D eigenvalue weighted by Crippen LogP contribution is 2.28. The highest BCUT2D eigenvalue weighted by Gasteiger charge is 2.23. The summed E-state index contributed by atoms with van der Waals surface area (Å²) in [5, 5.41) is 3.08. The van der Waals surface area contributed by atoms with Crippen molar-refractivity contribution in [2.45, 2.75) is 20.0 Å². The number of ether oxygens (including phenoxy) is 1. The second-order valence-corrected chi connectivity index (χ2v) is 9.72. The fourth-order valence-electron chi connectivity index (χ4n) is 2.75. The topological polar surface area (TPSA) is 132 Å². The Bertz CT molecular complexity index is 1240. The molecule has 3 rings (SSSR count). The lowest BCUT2D eigenvalue weighted by Gasteiger charge is -2.12. The Morgan fingerprint density at radius 2 is 1.81 bits per heavy atom. The summed E-state index contributed by atoms with van der Waals surface area (Å²) in [4.78, 5) is 37.5. The summed E-state index contributed by atoms with van der Waals surface area (Å²) in [6.45, 7) is 3.14. The van der Waals surface area contributed by atoms with Gasteiger partial charge in [-0.05, 0) is 61.9 Å². The molecule has 2 heterocycles. The van der Waals surface area contributed by atoms with E-state index in [1.54, 1.807) is 19.1 Å². The largest absolute Gasteiger partial charge is 0.459 e. The zero-order chi connectivity index (χ0) is 23.5. The molecule has 1 aromatic carbocycles. The van der Waals surface area contributed by atoms with E-state index in [0.717, 1.165) is 17.6 Å². The average molecular weight is 477 g/mol. The minimum Gasteiger partial charge on any atom is -0.459 e. The molecular weight excluding hydrogens is 456 g/mol. The van der Waals surface area contributed by atoms with Crippen LogP contribution in [0.25, 0.3) is 0 Å². The van der Waals surface area contributed by atoms with E-state index >= 15 is 0 Å². The molecule has 1 amide bonds. The summed E-state index contributed by atoms with van der Waals surface area (Å²) in [7, 11) is -3.43. The van der Waals surface area contributed by atoms with Gasteiger partial charge in [-0.25, -0.2) is 13.2 Å². The van der Waals surface area contributed by atoms with Gasteiger partial charge in [0.2, 0.25) is 15.8 Å². The normalized spacial score (nSPS) is 12.1. The maximum atomic E-state index is 12.6. The molecule has 0 fully saturated rings. The number of nitrogens with one attached hydrogen (secondary N) is 2. The summed E-state index contributed by atoms with van der Waals surface area (Å²) >= 11 is 1.03. The van der Waals surface area contributed by atoms with Gasteiger partial charge >= 0.3 is 5.97 Å². The summed E-state index contributed by atoms with van der Waals surface area (Å²) in [5.41, 5.74) is 1.16. The number of carbonyl (C=O) groups excluding carboxylic acids is 3. The standard InChI is InChI=1S/C21H20N2O7S2/c1-12-11-17(22-20(25)16-5-4-10-29-16)31-19(12)21(26)30-13(2)18(24)14-6-8-15(9-7-14)23-32(3,27)28/h4-11,13,23H,1-3H3,(H,22,25). The molecule has 9 nitrogen and oxygen atoms in total. The molecule has 0 saturated heterocycles. The van der Waals surface area contributed by atoms with Crippen LogP contribution >= 0.6 is 11.3 Å². The van der Waals surface area contributed by atoms with Gasteiger partial charge < -0.3 is 14.5 Å². The maximum Gasteiger partial charge on any atom is 0.349 e. The van der Waals surface area contributed by atoms with Gasteiger partial charge in [0.15, 0.2) is 11.9 Å². The first-order valence-corrected chi connectivity index (χ1v) is 12.0. The van der Waals surface area contributed by atoms with Crippen molar-refractivity contribution in [1.29, 1.82) is 0 Å². The third-order valence-corrected chi connectivity index (χ3v) is 5.95. The Morgan fingerprint density at radius 1 is 1.12 bits per heavy atom. The van der Waals surface area contributed by atoms with E-state index in [2.05, 4.69) is 10.0 Å². The Hall–Kier alpha value is -3.44. The molecule has 32 heavy (non-hydrogen) atoms. The molecule has 0 aliphatic heterocycles. The number of carbonyl (C=O) groups is 3. The van der Waals surface area contributed by atoms with Gasteiger partial charge in [0.25, 0.3) is 5.91 Å². The average Bonchev–Trinajstić information content (AvgIpc) is 3.36. The molecule has 2 aromatic heterocycles. The first kappa shape index (κ1) is 23.2. The summed E-state index contributed by atoms with van der Waals surface area (Å²) in [5.74, 6) is -1.45. The van der Waals surface area contributed by atoms with Crippen LogP contribution in [0.2, 0.25) is 0 Å². The molecule has 0 aliphatic carbocycles. The summed E-state index contributed by atoms with van der Waals surface area (Å²) < 4.78 is 35.2. The van der Waals surface area contributed by atoms with Crippen LogP contribution in [0.3, 0.4) is 0 Å². The monoisotopic (exact) mass is 476 g/mol. The van der Waals surface area contributed by atoms with Crippen molar-refractivity contribution in [3.63, 3.8) is 0 Å². The van der Waals surface area contributed by atoms with Crippen molar-refractivity contribution in [2.75, 3.05) is 16.3 Å². The fourth-order valence-corrected chi connectivity index (χ4v) is 4.26. The van der Waals surface area contributed by atoms with Gasteiger partial charge in [-0.1, -0.05) is 0 Å². The number of hydrogen-bond donors (Lipinski definition) is 2. The lowest BCUT2D eigenvalue weighted by molar-refractivity contribution is 0.0323. The molecule has 0 spiro atoms. The smallest absolute Gasteiger partial charge is 0.349 e. The van der Waals surface area contributed by atoms with Crippen LogP contribution in [-0.2, 0) is 14.8 Å². The first-order valence-electron chi connectivity index (χ1n) is 9.32. The van der Waals surface area contributed by atoms with Gasteiger partial charge in [-0.2, -0.15) is 0 Å². The van der Waals surface area contributed by atoms with E-state index in [1.165, 1.54) is 43.5 Å². The van der Waals surface area contributed by atoms with Crippen molar-refractivity contribution >= 4 is 49.7 Å². The van der Waals surface area contributed by atoms with Gasteiger partial charge in [-0.3, -0.25) is 14.3 Å². The van der Waals surface area contributed by atoms with Crippen LogP contribution in [0.15, 0.2) is 53.1 Å². The van der Waals surface area contributed by atoms with Crippen LogP contribution < -0.4 is 10.0 Å². The van der Waals surface area contributed by atoms with E-state index < -0.39 is 33.8 Å². The minimum atomic E-state index is -3.43. The lowest BCUT2D eigenvalue weighted by atomic mass is 10.1. The van der Waals surface area contributed by atoms with Crippen LogP contribution in [-0.4, -0.2) is 38.4 Å². The summed E-state index contributed by atoms with van der Waals surface area (Å²) in [6, 6.07) is 10.5. The quantitative estimate of drug-likeness (QED) is 0.374. The number of hydrogen-bond acceptors (Lipinski definition) is 8.